The maximum atomic E-state index is 11.6. The molecule has 0 atom stereocenters. The molecule has 0 bridgehead atoms. The van der Waals surface area contributed by atoms with Crippen molar-refractivity contribution in [2.24, 2.45) is 0 Å². The van der Waals surface area contributed by atoms with Crippen molar-refractivity contribution in [3.8, 4) is 0 Å². The smallest absolute Gasteiger partial charge is 0.336 e. The van der Waals surface area contributed by atoms with E-state index in [4.69, 9.17) is 4.98 Å². The Morgan fingerprint density at radius 3 is 2.55 bits per heavy atom. The van der Waals surface area contributed by atoms with Gasteiger partial charge in [-0.1, -0.05) is 54.6 Å². The van der Waals surface area contributed by atoms with Crippen molar-refractivity contribution in [2.45, 2.75) is 19.4 Å². The van der Waals surface area contributed by atoms with E-state index in [1.54, 1.807) is 12.1 Å². The Morgan fingerprint density at radius 2 is 1.65 bits per heavy atom. The average molecular weight is 406 g/mol. The van der Waals surface area contributed by atoms with Crippen LogP contribution >= 0.6 is 0 Å². The first-order chi connectivity index (χ1) is 15.2. The van der Waals surface area contributed by atoms with Crippen LogP contribution in [0, 0.1) is 0 Å². The lowest BCUT2D eigenvalue weighted by Gasteiger charge is -2.10. The number of pyridine rings is 1. The molecule has 31 heavy (non-hydrogen) atoms. The van der Waals surface area contributed by atoms with Crippen LogP contribution in [0.15, 0.2) is 91.1 Å². The van der Waals surface area contributed by atoms with Crippen molar-refractivity contribution in [1.29, 1.82) is 0 Å². The van der Waals surface area contributed by atoms with Crippen molar-refractivity contribution >= 4 is 27.8 Å². The van der Waals surface area contributed by atoms with Gasteiger partial charge >= 0.3 is 5.97 Å². The maximum Gasteiger partial charge on any atom is 0.336 e. The van der Waals surface area contributed by atoms with Crippen molar-refractivity contribution in [3.05, 3.63) is 114 Å². The Labute approximate surface area is 180 Å². The molecule has 0 saturated heterocycles. The van der Waals surface area contributed by atoms with Gasteiger partial charge < -0.3 is 9.67 Å². The normalized spacial score (nSPS) is 11.2. The molecule has 0 radical (unpaired) electrons. The zero-order valence-corrected chi connectivity index (χ0v) is 17.0. The van der Waals surface area contributed by atoms with E-state index in [1.807, 2.05) is 36.5 Å². The first kappa shape index (κ1) is 19.1. The van der Waals surface area contributed by atoms with Crippen LogP contribution in [-0.2, 0) is 19.4 Å². The van der Waals surface area contributed by atoms with Crippen LogP contribution in [-0.4, -0.2) is 20.6 Å². The summed E-state index contributed by atoms with van der Waals surface area (Å²) in [6, 6.07) is 28.2. The summed E-state index contributed by atoms with van der Waals surface area (Å²) in [7, 11) is 0. The minimum absolute atomic E-state index is 0.350. The van der Waals surface area contributed by atoms with E-state index in [0.717, 1.165) is 45.9 Å². The zero-order valence-electron chi connectivity index (χ0n) is 17.0. The average Bonchev–Trinajstić information content (AvgIpc) is 3.20. The monoisotopic (exact) mass is 406 g/mol. The van der Waals surface area contributed by atoms with Gasteiger partial charge in [0, 0.05) is 29.3 Å². The number of para-hydroxylation sites is 1. The van der Waals surface area contributed by atoms with Crippen molar-refractivity contribution in [1.82, 2.24) is 9.55 Å². The molecule has 152 valence electrons. The number of aromatic nitrogens is 2. The van der Waals surface area contributed by atoms with Gasteiger partial charge in [0.2, 0.25) is 0 Å². The van der Waals surface area contributed by atoms with Gasteiger partial charge in [-0.15, -0.1) is 0 Å². The number of rotatable bonds is 6. The summed E-state index contributed by atoms with van der Waals surface area (Å²) in [5.74, 6) is -0.893. The Hall–Kier alpha value is -3.92. The standard InChI is InChI=1S/C27H22N2O2/c30-27(31)24-7-3-1-6-22(24)18-29-16-15-21-11-9-19(17-26(21)29)10-13-23-14-12-20-5-2-4-8-25(20)28-23/h1-9,11-12,14-17H,10,13,18H2,(H,30,31). The van der Waals surface area contributed by atoms with Crippen LogP contribution in [0.4, 0.5) is 0 Å². The van der Waals surface area contributed by atoms with E-state index in [1.165, 1.54) is 5.56 Å². The first-order valence-corrected chi connectivity index (χ1v) is 10.4. The highest BCUT2D eigenvalue weighted by molar-refractivity contribution is 5.89. The highest BCUT2D eigenvalue weighted by Crippen LogP contribution is 2.22. The quantitative estimate of drug-likeness (QED) is 0.392. The minimum Gasteiger partial charge on any atom is -0.478 e. The Balaban J connectivity index is 1.39. The van der Waals surface area contributed by atoms with Gasteiger partial charge in [-0.05, 0) is 59.7 Å². The molecule has 0 aliphatic heterocycles. The number of benzene rings is 3. The molecule has 0 aliphatic rings. The number of carbonyl (C=O) groups is 1. The van der Waals surface area contributed by atoms with Gasteiger partial charge in [0.05, 0.1) is 11.1 Å². The topological polar surface area (TPSA) is 55.1 Å². The largest absolute Gasteiger partial charge is 0.478 e. The molecule has 0 aliphatic carbocycles. The molecular formula is C27H22N2O2. The third-order valence-corrected chi connectivity index (χ3v) is 5.75. The van der Waals surface area contributed by atoms with Crippen LogP contribution in [0.5, 0.6) is 0 Å². The number of hydrogen-bond acceptors (Lipinski definition) is 2. The van der Waals surface area contributed by atoms with E-state index < -0.39 is 5.97 Å². The molecule has 5 rings (SSSR count). The molecule has 4 nitrogen and oxygen atoms in total. The van der Waals surface area contributed by atoms with Crippen LogP contribution in [0.2, 0.25) is 0 Å². The lowest BCUT2D eigenvalue weighted by atomic mass is 10.1. The lowest BCUT2D eigenvalue weighted by molar-refractivity contribution is 0.0695. The van der Waals surface area contributed by atoms with E-state index in [9.17, 15) is 9.90 Å². The number of carboxylic acids is 1. The summed E-state index contributed by atoms with van der Waals surface area (Å²) < 4.78 is 2.12. The second-order valence-electron chi connectivity index (χ2n) is 7.79. The number of aromatic carboxylic acids is 1. The van der Waals surface area contributed by atoms with Gasteiger partial charge in [-0.3, -0.25) is 4.98 Å². The second kappa shape index (κ2) is 8.07. The minimum atomic E-state index is -0.893. The lowest BCUT2D eigenvalue weighted by Crippen LogP contribution is -2.06. The van der Waals surface area contributed by atoms with E-state index in [-0.39, 0.29) is 0 Å². The molecule has 0 unspecified atom stereocenters. The number of aryl methyl sites for hydroxylation is 2. The van der Waals surface area contributed by atoms with Gasteiger partial charge in [0.1, 0.15) is 0 Å². The van der Waals surface area contributed by atoms with Crippen LogP contribution < -0.4 is 0 Å². The predicted molar refractivity (Wildman–Crippen MR) is 124 cm³/mol. The molecule has 0 fully saturated rings. The fraction of sp³-hybridized carbons (Fsp3) is 0.111. The highest BCUT2D eigenvalue weighted by Gasteiger charge is 2.11. The Bertz CT molecular complexity index is 1400. The molecule has 1 N–H and O–H groups in total. The van der Waals surface area contributed by atoms with E-state index >= 15 is 0 Å². The Morgan fingerprint density at radius 1 is 0.839 bits per heavy atom. The molecule has 3 aromatic carbocycles. The summed E-state index contributed by atoms with van der Waals surface area (Å²) in [6.45, 7) is 0.529. The number of fused-ring (bicyclic) bond motifs is 2. The van der Waals surface area contributed by atoms with Crippen LogP contribution in [0.1, 0.15) is 27.2 Å². The van der Waals surface area contributed by atoms with Crippen LogP contribution in [0.25, 0.3) is 21.8 Å². The molecule has 2 heterocycles. The SMILES string of the molecule is O=C(O)c1ccccc1Cn1ccc2ccc(CCc3ccc4ccccc4n3)cc21. The molecule has 4 heteroatoms. The molecule has 0 amide bonds. The Kier molecular flexibility index (Phi) is 4.97. The third-order valence-electron chi connectivity index (χ3n) is 5.75. The van der Waals surface area contributed by atoms with Crippen molar-refractivity contribution in [2.75, 3.05) is 0 Å². The van der Waals surface area contributed by atoms with Gasteiger partial charge in [0.15, 0.2) is 0 Å². The second-order valence-corrected chi connectivity index (χ2v) is 7.79. The summed E-state index contributed by atoms with van der Waals surface area (Å²) >= 11 is 0. The summed E-state index contributed by atoms with van der Waals surface area (Å²) in [5, 5.41) is 11.8. The fourth-order valence-electron chi connectivity index (χ4n) is 4.09. The summed E-state index contributed by atoms with van der Waals surface area (Å²) in [4.78, 5) is 16.3. The number of carboxylic acid groups (broad SMARTS) is 1. The van der Waals surface area contributed by atoms with E-state index in [2.05, 4.69) is 47.0 Å². The fourth-order valence-corrected chi connectivity index (χ4v) is 4.09. The first-order valence-electron chi connectivity index (χ1n) is 10.4. The van der Waals surface area contributed by atoms with Crippen LogP contribution in [0.3, 0.4) is 0 Å². The summed E-state index contributed by atoms with van der Waals surface area (Å²) in [6.07, 6.45) is 3.80. The maximum absolute atomic E-state index is 11.6. The highest BCUT2D eigenvalue weighted by atomic mass is 16.4. The number of nitrogens with zero attached hydrogens (tertiary/aromatic N) is 2. The zero-order chi connectivity index (χ0) is 21.2. The molecule has 5 aromatic rings. The van der Waals surface area contributed by atoms with E-state index in [0.29, 0.717) is 12.1 Å². The molecule has 0 saturated carbocycles. The number of hydrogen-bond donors (Lipinski definition) is 1. The third kappa shape index (κ3) is 3.92. The molecular weight excluding hydrogens is 384 g/mol. The van der Waals surface area contributed by atoms with Crippen molar-refractivity contribution < 1.29 is 9.90 Å². The van der Waals surface area contributed by atoms with Gasteiger partial charge in [-0.25, -0.2) is 4.79 Å². The molecule has 0 spiro atoms. The van der Waals surface area contributed by atoms with Crippen molar-refractivity contribution in [3.63, 3.8) is 0 Å². The van der Waals surface area contributed by atoms with Gasteiger partial charge in [0.25, 0.3) is 0 Å². The predicted octanol–water partition coefficient (Wildman–Crippen LogP) is 5.72. The molecule has 2 aromatic heterocycles. The van der Waals surface area contributed by atoms with Gasteiger partial charge in [-0.2, -0.15) is 0 Å². The summed E-state index contributed by atoms with van der Waals surface area (Å²) in [5.41, 5.74) is 5.63.